The van der Waals surface area contributed by atoms with Crippen LogP contribution in [0.2, 0.25) is 0 Å². The van der Waals surface area contributed by atoms with E-state index in [1.165, 1.54) is 0 Å². The molecule has 1 saturated carbocycles. The molecule has 0 spiro atoms. The fourth-order valence-electron chi connectivity index (χ4n) is 4.06. The van der Waals surface area contributed by atoms with Crippen molar-refractivity contribution in [2.45, 2.75) is 58.3 Å². The molecule has 2 atom stereocenters. The largest absolute Gasteiger partial charge is 0.481 e. The molecule has 1 N–H and O–H groups in total. The molecule has 2 fully saturated rings. The van der Waals surface area contributed by atoms with Gasteiger partial charge >= 0.3 is 5.97 Å². The lowest BCUT2D eigenvalue weighted by Gasteiger charge is -2.36. The zero-order valence-electron chi connectivity index (χ0n) is 15.6. The number of nitrogens with zero attached hydrogens (tertiary/aromatic N) is 2. The van der Waals surface area contributed by atoms with Crippen molar-refractivity contribution in [2.75, 3.05) is 26.7 Å². The summed E-state index contributed by atoms with van der Waals surface area (Å²) in [6.07, 6.45) is 6.28. The summed E-state index contributed by atoms with van der Waals surface area (Å²) in [5, 5.41) is 9.19. The summed E-state index contributed by atoms with van der Waals surface area (Å²) in [6, 6.07) is 0. The molecule has 2 aliphatic rings. The lowest BCUT2D eigenvalue weighted by atomic mass is 9.80. The molecule has 6 heteroatoms. The molecule has 1 saturated heterocycles. The fourth-order valence-corrected chi connectivity index (χ4v) is 4.06. The average Bonchev–Trinajstić information content (AvgIpc) is 2.65. The number of carboxylic acid groups (broad SMARTS) is 1. The molecule has 2 rings (SSSR count). The highest BCUT2D eigenvalue weighted by Gasteiger charge is 2.35. The van der Waals surface area contributed by atoms with Gasteiger partial charge in [-0.3, -0.25) is 14.4 Å². The van der Waals surface area contributed by atoms with Crippen LogP contribution in [-0.2, 0) is 14.4 Å². The van der Waals surface area contributed by atoms with Gasteiger partial charge in [-0.2, -0.15) is 0 Å². The molecule has 0 aromatic rings. The summed E-state index contributed by atoms with van der Waals surface area (Å²) in [4.78, 5) is 40.0. The summed E-state index contributed by atoms with van der Waals surface area (Å²) < 4.78 is 0. The third kappa shape index (κ3) is 5.19. The number of unbranched alkanes of at least 4 members (excludes halogenated alkanes) is 1. The number of carbonyl (C=O) groups excluding carboxylic acids is 2. The minimum atomic E-state index is -0.781. The van der Waals surface area contributed by atoms with Crippen LogP contribution in [0.25, 0.3) is 0 Å². The number of rotatable bonds is 6. The summed E-state index contributed by atoms with van der Waals surface area (Å²) in [5.41, 5.74) is 0. The second-order valence-electron chi connectivity index (χ2n) is 7.61. The maximum atomic E-state index is 12.7. The zero-order chi connectivity index (χ0) is 18.4. The Hall–Kier alpha value is -1.59. The van der Waals surface area contributed by atoms with E-state index in [4.69, 9.17) is 0 Å². The molecule has 2 amide bonds. The lowest BCUT2D eigenvalue weighted by molar-refractivity contribution is -0.147. The van der Waals surface area contributed by atoms with Crippen LogP contribution in [0.4, 0.5) is 0 Å². The summed E-state index contributed by atoms with van der Waals surface area (Å²) >= 11 is 0. The van der Waals surface area contributed by atoms with E-state index in [0.29, 0.717) is 25.9 Å². The van der Waals surface area contributed by atoms with Gasteiger partial charge in [-0.05, 0) is 38.5 Å². The highest BCUT2D eigenvalue weighted by atomic mass is 16.4. The first-order valence-corrected chi connectivity index (χ1v) is 9.70. The van der Waals surface area contributed by atoms with Crippen molar-refractivity contribution in [2.24, 2.45) is 17.8 Å². The molecule has 0 bridgehead atoms. The smallest absolute Gasteiger partial charge is 0.306 e. The van der Waals surface area contributed by atoms with Crippen molar-refractivity contribution < 1.29 is 19.5 Å². The van der Waals surface area contributed by atoms with E-state index in [1.54, 1.807) is 0 Å². The van der Waals surface area contributed by atoms with Crippen LogP contribution in [0.15, 0.2) is 0 Å². The Morgan fingerprint density at radius 2 is 1.68 bits per heavy atom. The van der Waals surface area contributed by atoms with Crippen LogP contribution in [0, 0.1) is 17.8 Å². The van der Waals surface area contributed by atoms with Gasteiger partial charge in [0.15, 0.2) is 0 Å². The molecule has 1 heterocycles. The van der Waals surface area contributed by atoms with Crippen LogP contribution >= 0.6 is 0 Å². The van der Waals surface area contributed by atoms with Crippen LogP contribution in [-0.4, -0.2) is 59.4 Å². The second-order valence-corrected chi connectivity index (χ2v) is 7.61. The Morgan fingerprint density at radius 1 is 1.04 bits per heavy atom. The third-order valence-electron chi connectivity index (χ3n) is 5.75. The third-order valence-corrected chi connectivity index (χ3v) is 5.75. The first-order valence-electron chi connectivity index (χ1n) is 9.70. The fraction of sp³-hybridized carbons (Fsp3) is 0.842. The van der Waals surface area contributed by atoms with E-state index >= 15 is 0 Å². The Morgan fingerprint density at radius 3 is 2.28 bits per heavy atom. The predicted octanol–water partition coefficient (Wildman–Crippen LogP) is 2.37. The van der Waals surface area contributed by atoms with Crippen LogP contribution in [0.5, 0.6) is 0 Å². The highest BCUT2D eigenvalue weighted by molar-refractivity contribution is 5.82. The van der Waals surface area contributed by atoms with Gasteiger partial charge in [0.1, 0.15) is 0 Å². The molecule has 2 unspecified atom stereocenters. The van der Waals surface area contributed by atoms with Gasteiger partial charge < -0.3 is 14.9 Å². The molecule has 25 heavy (non-hydrogen) atoms. The Bertz CT molecular complexity index is 486. The number of hydrogen-bond acceptors (Lipinski definition) is 3. The Labute approximate surface area is 150 Å². The van der Waals surface area contributed by atoms with Crippen molar-refractivity contribution in [1.82, 2.24) is 9.80 Å². The molecule has 1 aliphatic carbocycles. The number of likely N-dealkylation sites (tertiary alicyclic amines) is 1. The average molecular weight is 352 g/mol. The molecule has 0 aromatic heterocycles. The molecule has 0 aromatic carbocycles. The topological polar surface area (TPSA) is 77.9 Å². The standard InChI is InChI=1S/C19H32N2O4/c1-3-4-10-20(2)17(22)14-8-11-21(12-9-14)18(23)15-6-5-7-16(13-15)19(24)25/h14-16H,3-13H2,1-2H3,(H,24,25). The Balaban J connectivity index is 1.82. The number of carboxylic acids is 1. The van der Waals surface area contributed by atoms with E-state index in [0.717, 1.165) is 45.1 Å². The number of hydrogen-bond donors (Lipinski definition) is 1. The van der Waals surface area contributed by atoms with Gasteiger partial charge in [0.05, 0.1) is 5.92 Å². The van der Waals surface area contributed by atoms with Gasteiger partial charge in [-0.1, -0.05) is 19.8 Å². The van der Waals surface area contributed by atoms with Crippen LogP contribution < -0.4 is 0 Å². The molecular formula is C19H32N2O4. The summed E-state index contributed by atoms with van der Waals surface area (Å²) in [5.74, 6) is -1.01. The molecule has 6 nitrogen and oxygen atoms in total. The minimum absolute atomic E-state index is 0.0176. The van der Waals surface area contributed by atoms with Gasteiger partial charge in [0, 0.05) is 38.5 Å². The van der Waals surface area contributed by atoms with Gasteiger partial charge in [-0.15, -0.1) is 0 Å². The van der Waals surface area contributed by atoms with E-state index in [1.807, 2.05) is 16.8 Å². The molecule has 142 valence electrons. The quantitative estimate of drug-likeness (QED) is 0.796. The van der Waals surface area contributed by atoms with Gasteiger partial charge in [0.25, 0.3) is 0 Å². The van der Waals surface area contributed by atoms with E-state index in [2.05, 4.69) is 6.92 Å². The molecule has 1 aliphatic heterocycles. The molecule has 0 radical (unpaired) electrons. The van der Waals surface area contributed by atoms with E-state index in [-0.39, 0.29) is 29.6 Å². The van der Waals surface area contributed by atoms with E-state index in [9.17, 15) is 19.5 Å². The second kappa shape index (κ2) is 9.20. The lowest BCUT2D eigenvalue weighted by Crippen LogP contribution is -2.46. The highest BCUT2D eigenvalue weighted by Crippen LogP contribution is 2.31. The van der Waals surface area contributed by atoms with Crippen molar-refractivity contribution in [3.63, 3.8) is 0 Å². The van der Waals surface area contributed by atoms with Crippen LogP contribution in [0.3, 0.4) is 0 Å². The van der Waals surface area contributed by atoms with Gasteiger partial charge in [-0.25, -0.2) is 0 Å². The summed E-state index contributed by atoms with van der Waals surface area (Å²) in [6.45, 7) is 4.14. The predicted molar refractivity (Wildman–Crippen MR) is 94.9 cm³/mol. The Kier molecular flexibility index (Phi) is 7.26. The first kappa shape index (κ1) is 19.7. The molecular weight excluding hydrogens is 320 g/mol. The number of piperidine rings is 1. The minimum Gasteiger partial charge on any atom is -0.481 e. The van der Waals surface area contributed by atoms with Crippen LogP contribution in [0.1, 0.15) is 58.3 Å². The monoisotopic (exact) mass is 352 g/mol. The normalized spacial score (nSPS) is 24.8. The van der Waals surface area contributed by atoms with Crippen molar-refractivity contribution in [1.29, 1.82) is 0 Å². The van der Waals surface area contributed by atoms with Gasteiger partial charge in [0.2, 0.25) is 11.8 Å². The SMILES string of the molecule is CCCCN(C)C(=O)C1CCN(C(=O)C2CCCC(C(=O)O)C2)CC1. The van der Waals surface area contributed by atoms with Crippen molar-refractivity contribution in [3.05, 3.63) is 0 Å². The number of amides is 2. The van der Waals surface area contributed by atoms with Crippen molar-refractivity contribution in [3.8, 4) is 0 Å². The maximum absolute atomic E-state index is 12.7. The zero-order valence-corrected chi connectivity index (χ0v) is 15.6. The summed E-state index contributed by atoms with van der Waals surface area (Å²) in [7, 11) is 1.86. The number of aliphatic carboxylic acids is 1. The van der Waals surface area contributed by atoms with E-state index < -0.39 is 5.97 Å². The number of carbonyl (C=O) groups is 3. The first-order chi connectivity index (χ1) is 11.9. The maximum Gasteiger partial charge on any atom is 0.306 e. The van der Waals surface area contributed by atoms with Crippen molar-refractivity contribution >= 4 is 17.8 Å².